The lowest BCUT2D eigenvalue weighted by Gasteiger charge is -2.26. The standard InChI is InChI=1S/2C25H28ClN5OS.CH2O2/c2*26-20-13-17(5-6-19(20)15-27)21-16-31-22-8-7-18(14-23(22)33-25(31)29-21)24(32)28-9-4-12-30-10-2-1-3-11-30;2-1-3/h2*5-8,13-14,16H,1-4,9-12,15,27H2,(H,28,32);1H,(H,2,3). The Bertz CT molecular complexity index is 2840. The van der Waals surface area contributed by atoms with Gasteiger partial charge in [-0.15, -0.1) is 0 Å². The van der Waals surface area contributed by atoms with Gasteiger partial charge in [-0.2, -0.15) is 0 Å². The first kappa shape index (κ1) is 50.0. The molecule has 0 bridgehead atoms. The zero-order valence-electron chi connectivity index (χ0n) is 38.5. The molecule has 0 unspecified atom stereocenters. The van der Waals surface area contributed by atoms with Crippen LogP contribution in [0.15, 0.2) is 85.2 Å². The lowest BCUT2D eigenvalue weighted by molar-refractivity contribution is -0.122. The van der Waals surface area contributed by atoms with Gasteiger partial charge in [-0.3, -0.25) is 23.2 Å². The third-order valence-corrected chi connectivity index (χ3v) is 15.4. The number of carbonyl (C=O) groups is 3. The van der Waals surface area contributed by atoms with Gasteiger partial charge in [-0.05, 0) is 137 Å². The van der Waals surface area contributed by atoms with Crippen LogP contribution in [0.2, 0.25) is 10.0 Å². The van der Waals surface area contributed by atoms with Crippen LogP contribution in [0.3, 0.4) is 0 Å². The number of carbonyl (C=O) groups excluding carboxylic acids is 2. The predicted octanol–water partition coefficient (Wildman–Crippen LogP) is 9.57. The van der Waals surface area contributed by atoms with Gasteiger partial charge in [-0.25, -0.2) is 9.97 Å². The number of aromatic nitrogens is 4. The fourth-order valence-electron chi connectivity index (χ4n) is 8.89. The van der Waals surface area contributed by atoms with Crippen molar-refractivity contribution in [1.82, 2.24) is 39.2 Å². The van der Waals surface area contributed by atoms with E-state index in [-0.39, 0.29) is 18.3 Å². The topological polar surface area (TPSA) is 189 Å². The van der Waals surface area contributed by atoms with Gasteiger partial charge in [0.15, 0.2) is 9.92 Å². The maximum absolute atomic E-state index is 12.7. The maximum Gasteiger partial charge on any atom is 0.290 e. The molecule has 2 saturated heterocycles. The van der Waals surface area contributed by atoms with Crippen LogP contribution < -0.4 is 22.1 Å². The fraction of sp³-hybridized carbons (Fsp3) is 0.353. The molecular weight excluding hydrogens is 952 g/mol. The SMILES string of the molecule is NCc1ccc(-c2cn3c(n2)sc2cc(C(=O)NCCCN4CCCCC4)ccc23)cc1Cl.NCc1ccc(-c2cn3c(n2)sc2cc(C(=O)NCCCN4CCCCC4)ccc23)cc1Cl.O=CO. The van der Waals surface area contributed by atoms with Crippen molar-refractivity contribution >= 4 is 94.5 Å². The minimum absolute atomic E-state index is 0.0168. The van der Waals surface area contributed by atoms with Gasteiger partial charge in [-0.1, -0.05) is 83.0 Å². The largest absolute Gasteiger partial charge is 0.483 e. The summed E-state index contributed by atoms with van der Waals surface area (Å²) in [5, 5.41) is 14.3. The van der Waals surface area contributed by atoms with Crippen molar-refractivity contribution in [2.75, 3.05) is 52.4 Å². The summed E-state index contributed by atoms with van der Waals surface area (Å²) >= 11 is 15.8. The number of rotatable bonds is 14. The van der Waals surface area contributed by atoms with E-state index in [1.54, 1.807) is 22.7 Å². The van der Waals surface area contributed by atoms with Crippen LogP contribution in [0.4, 0.5) is 0 Å². The minimum atomic E-state index is -0.250. The molecule has 4 aromatic heterocycles. The molecule has 362 valence electrons. The van der Waals surface area contributed by atoms with Crippen LogP contribution in [0.25, 0.3) is 52.9 Å². The fourth-order valence-corrected chi connectivity index (χ4v) is 11.5. The highest BCUT2D eigenvalue weighted by atomic mass is 35.5. The Morgan fingerprint density at radius 3 is 1.41 bits per heavy atom. The maximum atomic E-state index is 12.7. The summed E-state index contributed by atoms with van der Waals surface area (Å²) in [4.78, 5) is 50.0. The van der Waals surface area contributed by atoms with Crippen LogP contribution in [0.5, 0.6) is 0 Å². The smallest absolute Gasteiger partial charge is 0.290 e. The molecule has 0 aliphatic carbocycles. The van der Waals surface area contributed by atoms with Gasteiger partial charge in [0.25, 0.3) is 18.3 Å². The molecule has 0 spiro atoms. The number of likely N-dealkylation sites (tertiary alicyclic amines) is 2. The Morgan fingerprint density at radius 1 is 0.623 bits per heavy atom. The number of fused-ring (bicyclic) bond motifs is 6. The quantitative estimate of drug-likeness (QED) is 0.0519. The normalized spacial score (nSPS) is 14.4. The summed E-state index contributed by atoms with van der Waals surface area (Å²) in [6.07, 6.45) is 13.9. The number of imidazole rings is 2. The number of benzene rings is 4. The van der Waals surface area contributed by atoms with E-state index in [4.69, 9.17) is 54.5 Å². The van der Waals surface area contributed by atoms with Gasteiger partial charge in [0.1, 0.15) is 0 Å². The highest BCUT2D eigenvalue weighted by molar-refractivity contribution is 7.24. The number of nitrogens with one attached hydrogen (secondary N) is 2. The molecular formula is C51H58Cl2N10O4S2. The minimum Gasteiger partial charge on any atom is -0.483 e. The molecule has 10 rings (SSSR count). The number of nitrogens with zero attached hydrogens (tertiary/aromatic N) is 6. The number of piperidine rings is 2. The second-order valence-electron chi connectivity index (χ2n) is 17.3. The molecule has 8 aromatic rings. The van der Waals surface area contributed by atoms with E-state index in [9.17, 15) is 9.59 Å². The average molecular weight is 1010 g/mol. The number of nitrogens with two attached hydrogens (primary N) is 2. The average Bonchev–Trinajstić information content (AvgIpc) is 4.15. The number of thiazole rings is 2. The van der Waals surface area contributed by atoms with Gasteiger partial charge in [0.2, 0.25) is 0 Å². The highest BCUT2D eigenvalue weighted by Gasteiger charge is 2.17. The van der Waals surface area contributed by atoms with Gasteiger partial charge < -0.3 is 37.0 Å². The Balaban J connectivity index is 0.000000176. The number of amides is 2. The molecule has 18 heteroatoms. The van der Waals surface area contributed by atoms with Gasteiger partial charge >= 0.3 is 0 Å². The first-order valence-corrected chi connectivity index (χ1v) is 25.9. The van der Waals surface area contributed by atoms with E-state index in [1.165, 1.54) is 64.7 Å². The molecule has 4 aromatic carbocycles. The first-order chi connectivity index (χ1) is 33.7. The summed E-state index contributed by atoms with van der Waals surface area (Å²) in [7, 11) is 0. The van der Waals surface area contributed by atoms with E-state index >= 15 is 0 Å². The van der Waals surface area contributed by atoms with Gasteiger partial charge in [0.05, 0.1) is 31.8 Å². The first-order valence-electron chi connectivity index (χ1n) is 23.6. The summed E-state index contributed by atoms with van der Waals surface area (Å²) in [6, 6.07) is 23.4. The summed E-state index contributed by atoms with van der Waals surface area (Å²) in [6.45, 7) is 8.88. The zero-order valence-corrected chi connectivity index (χ0v) is 41.6. The van der Waals surface area contributed by atoms with Crippen molar-refractivity contribution in [3.63, 3.8) is 0 Å². The zero-order chi connectivity index (χ0) is 48.3. The molecule has 0 radical (unpaired) electrons. The second-order valence-corrected chi connectivity index (χ2v) is 20.1. The third kappa shape index (κ3) is 12.3. The third-order valence-electron chi connectivity index (χ3n) is 12.6. The molecule has 2 amide bonds. The molecule has 2 aliphatic heterocycles. The van der Waals surface area contributed by atoms with Crippen molar-refractivity contribution in [2.24, 2.45) is 11.5 Å². The van der Waals surface area contributed by atoms with Crippen LogP contribution in [0.1, 0.15) is 83.2 Å². The van der Waals surface area contributed by atoms with E-state index in [0.717, 1.165) is 89.9 Å². The van der Waals surface area contributed by atoms with Crippen LogP contribution >= 0.6 is 45.9 Å². The molecule has 7 N–H and O–H groups in total. The van der Waals surface area contributed by atoms with E-state index < -0.39 is 0 Å². The highest BCUT2D eigenvalue weighted by Crippen LogP contribution is 2.33. The number of halogens is 2. The van der Waals surface area contributed by atoms with E-state index in [2.05, 4.69) is 29.2 Å². The molecule has 2 aliphatic rings. The van der Waals surface area contributed by atoms with E-state index in [0.29, 0.717) is 47.4 Å². The summed E-state index contributed by atoms with van der Waals surface area (Å²) < 4.78 is 6.23. The van der Waals surface area contributed by atoms with Crippen LogP contribution in [-0.2, 0) is 17.9 Å². The monoisotopic (exact) mass is 1010 g/mol. The van der Waals surface area contributed by atoms with Crippen molar-refractivity contribution < 1.29 is 19.5 Å². The van der Waals surface area contributed by atoms with Crippen molar-refractivity contribution in [3.05, 3.63) is 117 Å². The van der Waals surface area contributed by atoms with Crippen LogP contribution in [0, 0.1) is 0 Å². The molecule has 2 fully saturated rings. The number of hydrogen-bond acceptors (Lipinski definition) is 11. The Kier molecular flexibility index (Phi) is 17.3. The lowest BCUT2D eigenvalue weighted by atomic mass is 10.1. The van der Waals surface area contributed by atoms with Crippen LogP contribution in [-0.4, -0.2) is 104 Å². The van der Waals surface area contributed by atoms with Crippen molar-refractivity contribution in [1.29, 1.82) is 0 Å². The molecule has 0 atom stereocenters. The molecule has 69 heavy (non-hydrogen) atoms. The molecule has 6 heterocycles. The Labute approximate surface area is 419 Å². The Hall–Kier alpha value is -5.43. The Morgan fingerprint density at radius 2 is 1.03 bits per heavy atom. The summed E-state index contributed by atoms with van der Waals surface area (Å²) in [5.74, 6) is -0.0335. The van der Waals surface area contributed by atoms with Crippen molar-refractivity contribution in [2.45, 2.75) is 64.5 Å². The molecule has 14 nitrogen and oxygen atoms in total. The lowest BCUT2D eigenvalue weighted by Crippen LogP contribution is -2.33. The number of hydrogen-bond donors (Lipinski definition) is 5. The second kappa shape index (κ2) is 23.9. The van der Waals surface area contributed by atoms with Gasteiger partial charge in [0, 0.05) is 70.9 Å². The summed E-state index contributed by atoms with van der Waals surface area (Å²) in [5.41, 5.74) is 20.4. The predicted molar refractivity (Wildman–Crippen MR) is 281 cm³/mol. The molecule has 0 saturated carbocycles. The van der Waals surface area contributed by atoms with E-state index in [1.807, 2.05) is 85.2 Å². The van der Waals surface area contributed by atoms with Crippen molar-refractivity contribution in [3.8, 4) is 22.5 Å². The number of carboxylic acid groups (broad SMARTS) is 1.